The van der Waals surface area contributed by atoms with Crippen LogP contribution in [0.25, 0.3) is 0 Å². The van der Waals surface area contributed by atoms with Gasteiger partial charge in [0.1, 0.15) is 18.4 Å². The average molecular weight is 324 g/mol. The highest BCUT2D eigenvalue weighted by Gasteiger charge is 2.44. The van der Waals surface area contributed by atoms with E-state index < -0.39 is 5.97 Å². The Bertz CT molecular complexity index is 536. The first kappa shape index (κ1) is 15.6. The number of para-hydroxylation sites is 1. The number of benzene rings is 1. The van der Waals surface area contributed by atoms with Crippen LogP contribution in [0.15, 0.2) is 24.3 Å². The molecule has 4 nitrogen and oxygen atoms in total. The first-order valence-corrected chi connectivity index (χ1v) is 8.40. The lowest BCUT2D eigenvalue weighted by Crippen LogP contribution is -2.44. The third-order valence-corrected chi connectivity index (χ3v) is 5.26. The molecule has 1 aromatic rings. The fraction of sp³-hybridized carbons (Fsp3) is 0.588. The van der Waals surface area contributed by atoms with Gasteiger partial charge in [0.05, 0.1) is 5.02 Å². The second kappa shape index (κ2) is 6.88. The van der Waals surface area contributed by atoms with E-state index in [1.54, 1.807) is 6.07 Å². The predicted octanol–water partition coefficient (Wildman–Crippen LogP) is 3.44. The van der Waals surface area contributed by atoms with Gasteiger partial charge < -0.3 is 9.84 Å². The van der Waals surface area contributed by atoms with Crippen molar-refractivity contribution in [1.29, 1.82) is 0 Å². The van der Waals surface area contributed by atoms with Crippen LogP contribution in [0.1, 0.15) is 32.1 Å². The first-order valence-electron chi connectivity index (χ1n) is 8.02. The molecule has 0 spiro atoms. The summed E-state index contributed by atoms with van der Waals surface area (Å²) in [5.41, 5.74) is 0. The Morgan fingerprint density at radius 3 is 2.86 bits per heavy atom. The van der Waals surface area contributed by atoms with Crippen LogP contribution in [-0.2, 0) is 4.79 Å². The van der Waals surface area contributed by atoms with E-state index in [0.29, 0.717) is 35.9 Å². The average Bonchev–Trinajstić information content (AvgIpc) is 2.88. The summed E-state index contributed by atoms with van der Waals surface area (Å²) in [4.78, 5) is 13.7. The Morgan fingerprint density at radius 2 is 2.09 bits per heavy atom. The van der Waals surface area contributed by atoms with Gasteiger partial charge in [-0.15, -0.1) is 0 Å². The number of likely N-dealkylation sites (tertiary alicyclic amines) is 1. The summed E-state index contributed by atoms with van der Waals surface area (Å²) < 4.78 is 5.74. The molecular formula is C17H22ClNO3. The molecule has 1 heterocycles. The van der Waals surface area contributed by atoms with Crippen LogP contribution in [0, 0.1) is 5.92 Å². The van der Waals surface area contributed by atoms with Crippen molar-refractivity contribution in [2.24, 2.45) is 5.92 Å². The predicted molar refractivity (Wildman–Crippen MR) is 85.4 cm³/mol. The summed E-state index contributed by atoms with van der Waals surface area (Å²) in [5, 5.41) is 10.1. The molecule has 1 N–H and O–H groups in total. The van der Waals surface area contributed by atoms with Gasteiger partial charge in [-0.25, -0.2) is 0 Å². The van der Waals surface area contributed by atoms with Crippen molar-refractivity contribution in [2.75, 3.05) is 13.2 Å². The summed E-state index contributed by atoms with van der Waals surface area (Å²) in [7, 11) is 0. The van der Waals surface area contributed by atoms with Crippen LogP contribution in [0.3, 0.4) is 0 Å². The van der Waals surface area contributed by atoms with E-state index in [9.17, 15) is 9.90 Å². The number of hydrogen-bond donors (Lipinski definition) is 1. The van der Waals surface area contributed by atoms with Gasteiger partial charge in [0.25, 0.3) is 0 Å². The largest absolute Gasteiger partial charge is 0.491 e. The number of ether oxygens (including phenoxy) is 1. The Kier molecular flexibility index (Phi) is 4.89. The van der Waals surface area contributed by atoms with E-state index in [4.69, 9.17) is 16.3 Å². The number of fused-ring (bicyclic) bond motifs is 1. The van der Waals surface area contributed by atoms with Gasteiger partial charge >= 0.3 is 5.97 Å². The van der Waals surface area contributed by atoms with E-state index in [1.807, 2.05) is 18.2 Å². The molecule has 2 aliphatic rings. The van der Waals surface area contributed by atoms with E-state index in [1.165, 1.54) is 12.8 Å². The maximum atomic E-state index is 11.5. The first-order chi connectivity index (χ1) is 10.7. The molecule has 0 unspecified atom stereocenters. The van der Waals surface area contributed by atoms with Gasteiger partial charge in [-0.2, -0.15) is 0 Å². The van der Waals surface area contributed by atoms with Crippen LogP contribution < -0.4 is 4.74 Å². The second-order valence-corrected chi connectivity index (χ2v) is 6.63. The maximum Gasteiger partial charge on any atom is 0.320 e. The fourth-order valence-corrected chi connectivity index (χ4v) is 4.13. The van der Waals surface area contributed by atoms with Crippen molar-refractivity contribution >= 4 is 17.6 Å². The quantitative estimate of drug-likeness (QED) is 0.902. The molecule has 120 valence electrons. The summed E-state index contributed by atoms with van der Waals surface area (Å²) >= 11 is 6.08. The van der Waals surface area contributed by atoms with Gasteiger partial charge in [0, 0.05) is 12.6 Å². The van der Waals surface area contributed by atoms with Crippen LogP contribution in [0.5, 0.6) is 5.75 Å². The van der Waals surface area contributed by atoms with Gasteiger partial charge in [-0.05, 0) is 37.3 Å². The Labute approximate surface area is 136 Å². The molecule has 22 heavy (non-hydrogen) atoms. The van der Waals surface area contributed by atoms with Crippen LogP contribution in [0.4, 0.5) is 0 Å². The van der Waals surface area contributed by atoms with Crippen LogP contribution in [-0.4, -0.2) is 41.2 Å². The number of halogens is 1. The molecule has 3 atom stereocenters. The van der Waals surface area contributed by atoms with Crippen LogP contribution >= 0.6 is 11.6 Å². The molecule has 1 aromatic carbocycles. The van der Waals surface area contributed by atoms with E-state index in [-0.39, 0.29) is 6.04 Å². The summed E-state index contributed by atoms with van der Waals surface area (Å²) in [5.74, 6) is 0.498. The molecular weight excluding hydrogens is 302 g/mol. The van der Waals surface area contributed by atoms with Crippen molar-refractivity contribution in [1.82, 2.24) is 4.90 Å². The minimum absolute atomic E-state index is 0.358. The summed E-state index contributed by atoms with van der Waals surface area (Å²) in [6.45, 7) is 1.11. The number of carbonyl (C=O) groups is 1. The highest BCUT2D eigenvalue weighted by atomic mass is 35.5. The van der Waals surface area contributed by atoms with Crippen molar-refractivity contribution < 1.29 is 14.6 Å². The molecule has 0 bridgehead atoms. The molecule has 1 saturated heterocycles. The number of hydrogen-bond acceptors (Lipinski definition) is 3. The Morgan fingerprint density at radius 1 is 1.32 bits per heavy atom. The number of carboxylic acid groups (broad SMARTS) is 1. The number of carboxylic acids is 1. The zero-order valence-corrected chi connectivity index (χ0v) is 13.3. The molecule has 0 aromatic heterocycles. The molecule has 0 radical (unpaired) electrons. The normalized spacial score (nSPS) is 28.3. The van der Waals surface area contributed by atoms with Crippen molar-refractivity contribution in [3.8, 4) is 5.75 Å². The molecule has 5 heteroatoms. The topological polar surface area (TPSA) is 49.8 Å². The van der Waals surface area contributed by atoms with Crippen LogP contribution in [0.2, 0.25) is 5.02 Å². The van der Waals surface area contributed by atoms with Gasteiger partial charge in [-0.3, -0.25) is 9.69 Å². The van der Waals surface area contributed by atoms with Gasteiger partial charge in [-0.1, -0.05) is 36.6 Å². The molecule has 0 amide bonds. The molecule has 1 aliphatic carbocycles. The number of rotatable bonds is 5. The maximum absolute atomic E-state index is 11.5. The zero-order valence-electron chi connectivity index (χ0n) is 12.6. The molecule has 1 saturated carbocycles. The molecule has 2 fully saturated rings. The van der Waals surface area contributed by atoms with E-state index in [2.05, 4.69) is 4.90 Å². The summed E-state index contributed by atoms with van der Waals surface area (Å²) in [6, 6.07) is 7.43. The third-order valence-electron chi connectivity index (χ3n) is 4.95. The molecule has 1 aliphatic heterocycles. The fourth-order valence-electron chi connectivity index (χ4n) is 3.94. The summed E-state index contributed by atoms with van der Waals surface area (Å²) in [6.07, 6.45) is 5.50. The SMILES string of the molecule is O=C(O)[C@@H]1C[C@@H]2CCCC[C@@H]2N1CCOc1ccccc1Cl. The third kappa shape index (κ3) is 3.23. The van der Waals surface area contributed by atoms with Crippen molar-refractivity contribution in [3.63, 3.8) is 0 Å². The lowest BCUT2D eigenvalue weighted by molar-refractivity contribution is -0.142. The minimum atomic E-state index is -0.702. The Balaban J connectivity index is 1.61. The lowest BCUT2D eigenvalue weighted by Gasteiger charge is -2.32. The highest BCUT2D eigenvalue weighted by Crippen LogP contribution is 2.39. The van der Waals surface area contributed by atoms with Crippen molar-refractivity contribution in [2.45, 2.75) is 44.2 Å². The minimum Gasteiger partial charge on any atom is -0.491 e. The second-order valence-electron chi connectivity index (χ2n) is 6.22. The smallest absolute Gasteiger partial charge is 0.320 e. The number of nitrogens with zero attached hydrogens (tertiary/aromatic N) is 1. The zero-order chi connectivity index (χ0) is 15.5. The van der Waals surface area contributed by atoms with Gasteiger partial charge in [0.2, 0.25) is 0 Å². The number of aliphatic carboxylic acids is 1. The van der Waals surface area contributed by atoms with Crippen molar-refractivity contribution in [3.05, 3.63) is 29.3 Å². The highest BCUT2D eigenvalue weighted by molar-refractivity contribution is 6.32. The monoisotopic (exact) mass is 323 g/mol. The molecule has 3 rings (SSSR count). The van der Waals surface area contributed by atoms with E-state index in [0.717, 1.165) is 19.3 Å². The van der Waals surface area contributed by atoms with Gasteiger partial charge in [0.15, 0.2) is 0 Å². The lowest BCUT2D eigenvalue weighted by atomic mass is 9.85. The van der Waals surface area contributed by atoms with E-state index >= 15 is 0 Å². The standard InChI is InChI=1S/C17H22ClNO3/c18-13-6-2-4-8-16(13)22-10-9-19-14-7-3-1-5-12(14)11-15(19)17(20)21/h2,4,6,8,12,14-15H,1,3,5,7,9-11H2,(H,20,21)/t12-,14-,15-/m0/s1. The Hall–Kier alpha value is -1.26.